The summed E-state index contributed by atoms with van der Waals surface area (Å²) >= 11 is 5.31. The van der Waals surface area contributed by atoms with Gasteiger partial charge in [0, 0.05) is 17.6 Å². The lowest BCUT2D eigenvalue weighted by Gasteiger charge is -2.29. The first-order valence-corrected chi connectivity index (χ1v) is 10.5. The molecule has 0 atom stereocenters. The SMILES string of the molecule is Cc1cccc(-n2cccc2/C=C2\C(=O)NC(=S)N(c3ccc(C(C)C)cc3)C2=O)c1. The van der Waals surface area contributed by atoms with Crippen molar-refractivity contribution >= 4 is 40.9 Å². The van der Waals surface area contributed by atoms with Gasteiger partial charge in [0.2, 0.25) is 0 Å². The molecule has 0 spiro atoms. The van der Waals surface area contributed by atoms with Crippen LogP contribution in [0.1, 0.15) is 36.6 Å². The number of thiocarbonyl (C=S) groups is 1. The van der Waals surface area contributed by atoms with Gasteiger partial charge in [-0.2, -0.15) is 0 Å². The molecular weight excluding hydrogens is 406 g/mol. The van der Waals surface area contributed by atoms with E-state index in [9.17, 15) is 9.59 Å². The van der Waals surface area contributed by atoms with E-state index in [0.717, 1.165) is 22.5 Å². The molecule has 0 saturated carbocycles. The van der Waals surface area contributed by atoms with E-state index in [4.69, 9.17) is 12.2 Å². The second kappa shape index (κ2) is 8.32. The van der Waals surface area contributed by atoms with Crippen LogP contribution in [0.5, 0.6) is 0 Å². The average molecular weight is 430 g/mol. The van der Waals surface area contributed by atoms with Crippen LogP contribution in [0.15, 0.2) is 72.4 Å². The summed E-state index contributed by atoms with van der Waals surface area (Å²) < 4.78 is 1.94. The van der Waals surface area contributed by atoms with Gasteiger partial charge in [0.1, 0.15) is 5.57 Å². The lowest BCUT2D eigenvalue weighted by Crippen LogP contribution is -2.54. The van der Waals surface area contributed by atoms with Crippen LogP contribution < -0.4 is 10.2 Å². The number of carbonyl (C=O) groups excluding carboxylic acids is 2. The molecule has 4 rings (SSSR count). The second-order valence-corrected chi connectivity index (χ2v) is 8.23. The van der Waals surface area contributed by atoms with E-state index in [-0.39, 0.29) is 10.7 Å². The molecule has 5 nitrogen and oxygen atoms in total. The number of hydrogen-bond donors (Lipinski definition) is 1. The van der Waals surface area contributed by atoms with Crippen molar-refractivity contribution < 1.29 is 9.59 Å². The predicted octanol–water partition coefficient (Wildman–Crippen LogP) is 4.74. The van der Waals surface area contributed by atoms with Gasteiger partial charge >= 0.3 is 0 Å². The van der Waals surface area contributed by atoms with E-state index in [0.29, 0.717) is 11.6 Å². The smallest absolute Gasteiger partial charge is 0.270 e. The first-order valence-electron chi connectivity index (χ1n) is 10.1. The Morgan fingerprint density at radius 2 is 1.71 bits per heavy atom. The maximum absolute atomic E-state index is 13.3. The molecule has 156 valence electrons. The highest BCUT2D eigenvalue weighted by atomic mass is 32.1. The van der Waals surface area contributed by atoms with Gasteiger partial charge in [-0.05, 0) is 78.7 Å². The van der Waals surface area contributed by atoms with Crippen LogP contribution in [0.2, 0.25) is 0 Å². The largest absolute Gasteiger partial charge is 0.317 e. The number of rotatable bonds is 4. The van der Waals surface area contributed by atoms with Gasteiger partial charge < -0.3 is 4.57 Å². The molecule has 0 unspecified atom stereocenters. The highest BCUT2D eigenvalue weighted by molar-refractivity contribution is 7.80. The summed E-state index contributed by atoms with van der Waals surface area (Å²) in [5, 5.41) is 2.73. The lowest BCUT2D eigenvalue weighted by atomic mass is 10.0. The third-order valence-corrected chi connectivity index (χ3v) is 5.56. The molecule has 2 heterocycles. The van der Waals surface area contributed by atoms with E-state index >= 15 is 0 Å². The second-order valence-electron chi connectivity index (χ2n) is 7.85. The Morgan fingerprint density at radius 3 is 2.39 bits per heavy atom. The zero-order valence-electron chi connectivity index (χ0n) is 17.6. The van der Waals surface area contributed by atoms with Gasteiger partial charge in [-0.15, -0.1) is 0 Å². The molecule has 1 N–H and O–H groups in total. The van der Waals surface area contributed by atoms with Crippen LogP contribution in [0, 0.1) is 6.92 Å². The van der Waals surface area contributed by atoms with E-state index in [1.165, 1.54) is 4.90 Å². The number of amides is 2. The maximum Gasteiger partial charge on any atom is 0.270 e. The summed E-state index contributed by atoms with van der Waals surface area (Å²) in [4.78, 5) is 27.3. The van der Waals surface area contributed by atoms with Crippen molar-refractivity contribution in [3.8, 4) is 5.69 Å². The summed E-state index contributed by atoms with van der Waals surface area (Å²) in [7, 11) is 0. The van der Waals surface area contributed by atoms with Crippen molar-refractivity contribution in [3.63, 3.8) is 0 Å². The summed E-state index contributed by atoms with van der Waals surface area (Å²) in [6.45, 7) is 6.23. The zero-order valence-corrected chi connectivity index (χ0v) is 18.4. The number of anilines is 1. The normalized spacial score (nSPS) is 15.7. The summed E-state index contributed by atoms with van der Waals surface area (Å²) in [6, 6.07) is 19.4. The Kier molecular flexibility index (Phi) is 5.57. The highest BCUT2D eigenvalue weighted by Crippen LogP contribution is 2.25. The number of nitrogens with one attached hydrogen (secondary N) is 1. The van der Waals surface area contributed by atoms with E-state index < -0.39 is 11.8 Å². The molecule has 0 aliphatic carbocycles. The van der Waals surface area contributed by atoms with Gasteiger partial charge in [-0.25, -0.2) is 0 Å². The minimum absolute atomic E-state index is 0.0362. The standard InChI is InChI=1S/C25H23N3O2S/c1-16(2)18-9-11-19(12-10-18)28-24(30)22(23(29)26-25(28)31)15-21-8-5-13-27(21)20-7-4-6-17(3)14-20/h4-16H,1-3H3,(H,26,29,31)/b22-15+. The molecule has 0 radical (unpaired) electrons. The molecule has 1 saturated heterocycles. The molecule has 2 amide bonds. The molecule has 2 aromatic carbocycles. The van der Waals surface area contributed by atoms with Crippen molar-refractivity contribution in [2.75, 3.05) is 4.90 Å². The number of benzene rings is 2. The molecule has 31 heavy (non-hydrogen) atoms. The topological polar surface area (TPSA) is 54.3 Å². The Bertz CT molecular complexity index is 1210. The highest BCUT2D eigenvalue weighted by Gasteiger charge is 2.34. The Labute approximate surface area is 187 Å². The van der Waals surface area contributed by atoms with Crippen LogP contribution >= 0.6 is 12.2 Å². The van der Waals surface area contributed by atoms with Crippen LogP contribution in [0.25, 0.3) is 11.8 Å². The van der Waals surface area contributed by atoms with Crippen LogP contribution in [-0.2, 0) is 9.59 Å². The average Bonchev–Trinajstić information content (AvgIpc) is 3.20. The molecule has 1 aromatic heterocycles. The first kappa shape index (κ1) is 20.8. The Morgan fingerprint density at radius 1 is 0.968 bits per heavy atom. The number of nitrogens with zero attached hydrogens (tertiary/aromatic N) is 2. The molecule has 1 aliphatic rings. The van der Waals surface area contributed by atoms with Crippen molar-refractivity contribution in [1.82, 2.24) is 9.88 Å². The zero-order chi connectivity index (χ0) is 22.1. The molecule has 0 bridgehead atoms. The lowest BCUT2D eigenvalue weighted by molar-refractivity contribution is -0.122. The van der Waals surface area contributed by atoms with Gasteiger partial charge in [0.05, 0.1) is 5.69 Å². The van der Waals surface area contributed by atoms with Crippen LogP contribution in [0.3, 0.4) is 0 Å². The van der Waals surface area contributed by atoms with E-state index in [2.05, 4.69) is 19.2 Å². The third kappa shape index (κ3) is 4.07. The number of carbonyl (C=O) groups is 2. The number of aryl methyl sites for hydroxylation is 1. The molecule has 3 aromatic rings. The van der Waals surface area contributed by atoms with Gasteiger partial charge in [0.25, 0.3) is 11.8 Å². The molecule has 1 fully saturated rings. The monoisotopic (exact) mass is 429 g/mol. The molecule has 1 aliphatic heterocycles. The Balaban J connectivity index is 1.71. The fraction of sp³-hybridized carbons (Fsp3) is 0.160. The van der Waals surface area contributed by atoms with Gasteiger partial charge in [-0.3, -0.25) is 19.8 Å². The van der Waals surface area contributed by atoms with Crippen LogP contribution in [-0.4, -0.2) is 21.5 Å². The van der Waals surface area contributed by atoms with Crippen molar-refractivity contribution in [2.24, 2.45) is 0 Å². The third-order valence-electron chi connectivity index (χ3n) is 5.27. The van der Waals surface area contributed by atoms with E-state index in [1.54, 1.807) is 6.08 Å². The van der Waals surface area contributed by atoms with Crippen molar-refractivity contribution in [2.45, 2.75) is 26.7 Å². The Hall–Kier alpha value is -3.51. The maximum atomic E-state index is 13.3. The van der Waals surface area contributed by atoms with Gasteiger partial charge in [-0.1, -0.05) is 38.1 Å². The van der Waals surface area contributed by atoms with Crippen LogP contribution in [0.4, 0.5) is 5.69 Å². The van der Waals surface area contributed by atoms with Crippen molar-refractivity contribution in [3.05, 3.63) is 89.3 Å². The number of hydrogen-bond acceptors (Lipinski definition) is 3. The molecule has 6 heteroatoms. The summed E-state index contributed by atoms with van der Waals surface area (Å²) in [5.41, 5.74) is 4.63. The van der Waals surface area contributed by atoms with Gasteiger partial charge in [0.15, 0.2) is 5.11 Å². The predicted molar refractivity (Wildman–Crippen MR) is 127 cm³/mol. The minimum atomic E-state index is -0.498. The van der Waals surface area contributed by atoms with E-state index in [1.807, 2.05) is 78.4 Å². The summed E-state index contributed by atoms with van der Waals surface area (Å²) in [6.07, 6.45) is 3.51. The molecular formula is C25H23N3O2S. The minimum Gasteiger partial charge on any atom is -0.317 e. The van der Waals surface area contributed by atoms with Crippen molar-refractivity contribution in [1.29, 1.82) is 0 Å². The quantitative estimate of drug-likeness (QED) is 0.370. The first-order chi connectivity index (χ1) is 14.8. The number of aromatic nitrogens is 1. The fourth-order valence-corrected chi connectivity index (χ4v) is 3.85. The summed E-state index contributed by atoms with van der Waals surface area (Å²) in [5.74, 6) is -0.562. The fourth-order valence-electron chi connectivity index (χ4n) is 3.57.